The van der Waals surface area contributed by atoms with Gasteiger partial charge in [-0.3, -0.25) is 10.1 Å². The number of carbonyl (C=O) groups excluding carboxylic acids is 1. The van der Waals surface area contributed by atoms with Gasteiger partial charge in [0.15, 0.2) is 5.13 Å². The standard InChI is InChI=1S/C30H27N3O2S/c1-35-26-17-16-25(23-10-6-3-7-11-23)28-27(26)32-30(36-28)33-29(34)24-14-12-22(13-15-24)20-31-19-18-21-8-4-2-5-9-21/h2-17,31H,18-20H2,1H3,(H,32,33,34). The fourth-order valence-corrected chi connectivity index (χ4v) is 5.11. The molecule has 4 aromatic carbocycles. The van der Waals surface area contributed by atoms with Gasteiger partial charge in [0.25, 0.3) is 5.91 Å². The summed E-state index contributed by atoms with van der Waals surface area (Å²) in [5.74, 6) is 0.503. The largest absolute Gasteiger partial charge is 0.494 e. The Balaban J connectivity index is 1.25. The monoisotopic (exact) mass is 493 g/mol. The fraction of sp³-hybridized carbons (Fsp3) is 0.133. The average Bonchev–Trinajstić information content (AvgIpc) is 3.35. The molecule has 180 valence electrons. The van der Waals surface area contributed by atoms with Crippen LogP contribution in [0, 0.1) is 0 Å². The van der Waals surface area contributed by atoms with E-state index in [1.54, 1.807) is 7.11 Å². The first-order chi connectivity index (χ1) is 17.7. The molecule has 0 aliphatic heterocycles. The number of fused-ring (bicyclic) bond motifs is 1. The second kappa shape index (κ2) is 11.2. The molecule has 0 fully saturated rings. The third-order valence-corrected chi connectivity index (χ3v) is 7.01. The quantitative estimate of drug-likeness (QED) is 0.228. The van der Waals surface area contributed by atoms with Gasteiger partial charge < -0.3 is 10.1 Å². The van der Waals surface area contributed by atoms with Gasteiger partial charge in [-0.1, -0.05) is 84.1 Å². The van der Waals surface area contributed by atoms with Crippen molar-refractivity contribution in [2.45, 2.75) is 13.0 Å². The third-order valence-electron chi connectivity index (χ3n) is 6.01. The molecule has 5 aromatic rings. The van der Waals surface area contributed by atoms with Crippen molar-refractivity contribution in [3.05, 3.63) is 114 Å². The summed E-state index contributed by atoms with van der Waals surface area (Å²) in [6, 6.07) is 32.2. The number of amides is 1. The van der Waals surface area contributed by atoms with Crippen LogP contribution in [0.3, 0.4) is 0 Å². The van der Waals surface area contributed by atoms with Crippen molar-refractivity contribution >= 4 is 32.6 Å². The number of carbonyl (C=O) groups is 1. The summed E-state index contributed by atoms with van der Waals surface area (Å²) in [6.45, 7) is 1.66. The van der Waals surface area contributed by atoms with Crippen LogP contribution in [0.25, 0.3) is 21.3 Å². The predicted octanol–water partition coefficient (Wildman–Crippen LogP) is 6.56. The zero-order valence-corrected chi connectivity index (χ0v) is 20.8. The lowest BCUT2D eigenvalue weighted by Crippen LogP contribution is -2.17. The molecule has 0 unspecified atom stereocenters. The van der Waals surface area contributed by atoms with Crippen LogP contribution >= 0.6 is 11.3 Å². The molecule has 1 heterocycles. The summed E-state index contributed by atoms with van der Waals surface area (Å²) < 4.78 is 6.50. The first-order valence-electron chi connectivity index (χ1n) is 11.9. The van der Waals surface area contributed by atoms with Crippen molar-refractivity contribution in [3.63, 3.8) is 0 Å². The molecule has 0 saturated carbocycles. The topological polar surface area (TPSA) is 63.2 Å². The zero-order chi connectivity index (χ0) is 24.7. The van der Waals surface area contributed by atoms with E-state index in [9.17, 15) is 4.79 Å². The maximum Gasteiger partial charge on any atom is 0.257 e. The maximum atomic E-state index is 12.9. The molecule has 0 aliphatic carbocycles. The molecular formula is C30H27N3O2S. The van der Waals surface area contributed by atoms with E-state index in [-0.39, 0.29) is 5.91 Å². The number of methoxy groups -OCH3 is 1. The smallest absolute Gasteiger partial charge is 0.257 e. The van der Waals surface area contributed by atoms with E-state index in [2.05, 4.69) is 52.0 Å². The predicted molar refractivity (Wildman–Crippen MR) is 148 cm³/mol. The van der Waals surface area contributed by atoms with Crippen LogP contribution in [0.1, 0.15) is 21.5 Å². The summed E-state index contributed by atoms with van der Waals surface area (Å²) >= 11 is 1.45. The fourth-order valence-electron chi connectivity index (χ4n) is 4.10. The summed E-state index contributed by atoms with van der Waals surface area (Å²) in [6.07, 6.45) is 0.986. The van der Waals surface area contributed by atoms with Gasteiger partial charge in [-0.15, -0.1) is 0 Å². The number of ether oxygens (including phenoxy) is 1. The lowest BCUT2D eigenvalue weighted by molar-refractivity contribution is 0.102. The lowest BCUT2D eigenvalue weighted by Gasteiger charge is -2.07. The highest BCUT2D eigenvalue weighted by Gasteiger charge is 2.16. The molecule has 0 atom stereocenters. The number of hydrogen-bond acceptors (Lipinski definition) is 5. The number of nitrogens with zero attached hydrogens (tertiary/aromatic N) is 1. The number of aromatic nitrogens is 1. The van der Waals surface area contributed by atoms with Gasteiger partial charge in [-0.2, -0.15) is 0 Å². The Morgan fingerprint density at radius 2 is 1.58 bits per heavy atom. The SMILES string of the molecule is COc1ccc(-c2ccccc2)c2sc(NC(=O)c3ccc(CNCCc4ccccc4)cc3)nc12. The van der Waals surface area contributed by atoms with Gasteiger partial charge in [0.05, 0.1) is 11.8 Å². The molecule has 0 bridgehead atoms. The molecule has 5 rings (SSSR count). The highest BCUT2D eigenvalue weighted by atomic mass is 32.1. The molecule has 0 spiro atoms. The molecule has 2 N–H and O–H groups in total. The first kappa shape index (κ1) is 23.7. The van der Waals surface area contributed by atoms with Crippen molar-refractivity contribution in [2.75, 3.05) is 19.0 Å². The summed E-state index contributed by atoms with van der Waals surface area (Å²) in [5, 5.41) is 6.97. The Morgan fingerprint density at radius 3 is 2.31 bits per heavy atom. The van der Waals surface area contributed by atoms with Crippen LogP contribution in [0.5, 0.6) is 5.75 Å². The normalized spacial score (nSPS) is 10.9. The molecule has 5 nitrogen and oxygen atoms in total. The number of hydrogen-bond donors (Lipinski definition) is 2. The molecule has 6 heteroatoms. The Labute approximate surface area is 214 Å². The van der Waals surface area contributed by atoms with Crippen molar-refractivity contribution in [1.29, 1.82) is 0 Å². The molecule has 36 heavy (non-hydrogen) atoms. The molecule has 0 saturated heterocycles. The van der Waals surface area contributed by atoms with Crippen molar-refractivity contribution < 1.29 is 9.53 Å². The highest BCUT2D eigenvalue weighted by molar-refractivity contribution is 7.23. The highest BCUT2D eigenvalue weighted by Crippen LogP contribution is 2.39. The Morgan fingerprint density at radius 1 is 0.861 bits per heavy atom. The van der Waals surface area contributed by atoms with E-state index >= 15 is 0 Å². The number of anilines is 1. The number of rotatable bonds is 9. The van der Waals surface area contributed by atoms with Crippen LogP contribution < -0.4 is 15.4 Å². The van der Waals surface area contributed by atoms with Crippen LogP contribution in [-0.4, -0.2) is 24.5 Å². The van der Waals surface area contributed by atoms with E-state index in [1.807, 2.05) is 60.7 Å². The summed E-state index contributed by atoms with van der Waals surface area (Å²) in [7, 11) is 1.63. The Kier molecular flexibility index (Phi) is 7.36. The summed E-state index contributed by atoms with van der Waals surface area (Å²) in [4.78, 5) is 17.6. The minimum atomic E-state index is -0.183. The number of benzene rings is 4. The van der Waals surface area contributed by atoms with Crippen LogP contribution in [0.4, 0.5) is 5.13 Å². The zero-order valence-electron chi connectivity index (χ0n) is 20.0. The van der Waals surface area contributed by atoms with Gasteiger partial charge in [-0.05, 0) is 53.9 Å². The lowest BCUT2D eigenvalue weighted by atomic mass is 10.1. The summed E-state index contributed by atoms with van der Waals surface area (Å²) in [5.41, 5.74) is 5.96. The van der Waals surface area contributed by atoms with Gasteiger partial charge >= 0.3 is 0 Å². The molecule has 0 aliphatic rings. The van der Waals surface area contributed by atoms with Crippen molar-refractivity contribution in [1.82, 2.24) is 10.3 Å². The molecule has 0 radical (unpaired) electrons. The average molecular weight is 494 g/mol. The van der Waals surface area contributed by atoms with Gasteiger partial charge in [0.1, 0.15) is 11.3 Å². The van der Waals surface area contributed by atoms with E-state index in [0.717, 1.165) is 46.4 Å². The molecule has 1 amide bonds. The van der Waals surface area contributed by atoms with E-state index in [4.69, 9.17) is 4.74 Å². The second-order valence-corrected chi connectivity index (χ2v) is 9.44. The van der Waals surface area contributed by atoms with Gasteiger partial charge in [0, 0.05) is 17.7 Å². The minimum Gasteiger partial charge on any atom is -0.494 e. The Hall–Kier alpha value is -4.00. The van der Waals surface area contributed by atoms with Gasteiger partial charge in [-0.25, -0.2) is 4.98 Å². The van der Waals surface area contributed by atoms with E-state index in [0.29, 0.717) is 16.4 Å². The molecule has 1 aromatic heterocycles. The Bertz CT molecular complexity index is 1450. The van der Waals surface area contributed by atoms with Crippen molar-refractivity contribution in [2.24, 2.45) is 0 Å². The number of thiazole rings is 1. The maximum absolute atomic E-state index is 12.9. The molecular weight excluding hydrogens is 466 g/mol. The number of nitrogens with one attached hydrogen (secondary N) is 2. The van der Waals surface area contributed by atoms with E-state index in [1.165, 1.54) is 16.9 Å². The van der Waals surface area contributed by atoms with Crippen molar-refractivity contribution in [3.8, 4) is 16.9 Å². The van der Waals surface area contributed by atoms with Crippen LogP contribution in [-0.2, 0) is 13.0 Å². The van der Waals surface area contributed by atoms with Crippen LogP contribution in [0.15, 0.2) is 97.1 Å². The third kappa shape index (κ3) is 5.46. The minimum absolute atomic E-state index is 0.183. The second-order valence-electron chi connectivity index (χ2n) is 8.44. The van der Waals surface area contributed by atoms with Crippen LogP contribution in [0.2, 0.25) is 0 Å². The first-order valence-corrected chi connectivity index (χ1v) is 12.7. The van der Waals surface area contributed by atoms with E-state index < -0.39 is 0 Å². The van der Waals surface area contributed by atoms with Gasteiger partial charge in [0.2, 0.25) is 0 Å².